The first-order valence-corrected chi connectivity index (χ1v) is 4.96. The highest BCUT2D eigenvalue weighted by molar-refractivity contribution is 4.95. The van der Waals surface area contributed by atoms with Crippen LogP contribution in [-0.2, 0) is 0 Å². The van der Waals surface area contributed by atoms with Gasteiger partial charge in [-0.2, -0.15) is 0 Å². The predicted molar refractivity (Wildman–Crippen MR) is 49.3 cm³/mol. The van der Waals surface area contributed by atoms with Crippen LogP contribution in [0, 0.1) is 17.8 Å². The third kappa shape index (κ3) is 1.96. The summed E-state index contributed by atoms with van der Waals surface area (Å²) < 4.78 is 0. The van der Waals surface area contributed by atoms with Crippen LogP contribution >= 0.6 is 0 Å². The van der Waals surface area contributed by atoms with Crippen LogP contribution in [0.1, 0.15) is 40.0 Å². The van der Waals surface area contributed by atoms with E-state index in [1.807, 2.05) is 0 Å². The minimum Gasteiger partial charge on any atom is -0.327 e. The topological polar surface area (TPSA) is 26.0 Å². The van der Waals surface area contributed by atoms with Crippen molar-refractivity contribution in [2.45, 2.75) is 46.1 Å². The molecule has 0 radical (unpaired) electrons. The largest absolute Gasteiger partial charge is 0.327 e. The average Bonchev–Trinajstić information content (AvgIpc) is 2.68. The molecule has 66 valence electrons. The van der Waals surface area contributed by atoms with Crippen LogP contribution < -0.4 is 5.73 Å². The highest BCUT2D eigenvalue weighted by Crippen LogP contribution is 2.41. The van der Waals surface area contributed by atoms with Gasteiger partial charge < -0.3 is 5.73 Å². The molecular formula is C10H21N. The van der Waals surface area contributed by atoms with Crippen molar-refractivity contribution in [3.8, 4) is 0 Å². The van der Waals surface area contributed by atoms with Crippen molar-refractivity contribution in [3.05, 3.63) is 0 Å². The normalized spacial score (nSPS) is 34.9. The molecular weight excluding hydrogens is 134 g/mol. The number of nitrogens with two attached hydrogens (primary N) is 1. The lowest BCUT2D eigenvalue weighted by Gasteiger charge is -2.20. The number of hydrogen-bond donors (Lipinski definition) is 1. The third-order valence-corrected chi connectivity index (χ3v) is 3.29. The van der Waals surface area contributed by atoms with Crippen LogP contribution in [0.2, 0.25) is 0 Å². The summed E-state index contributed by atoms with van der Waals surface area (Å²) in [5, 5.41) is 0. The molecule has 0 spiro atoms. The molecule has 1 heteroatoms. The van der Waals surface area contributed by atoms with Crippen molar-refractivity contribution in [2.75, 3.05) is 0 Å². The first-order valence-electron chi connectivity index (χ1n) is 4.96. The maximum Gasteiger partial charge on any atom is 0.00738 e. The molecule has 4 unspecified atom stereocenters. The molecule has 1 rings (SSSR count). The monoisotopic (exact) mass is 155 g/mol. The summed E-state index contributed by atoms with van der Waals surface area (Å²) in [6, 6.07) is 0.536. The van der Waals surface area contributed by atoms with E-state index in [-0.39, 0.29) is 0 Å². The molecule has 0 bridgehead atoms. The molecule has 1 aliphatic carbocycles. The Morgan fingerprint density at radius 1 is 1.36 bits per heavy atom. The maximum absolute atomic E-state index is 5.84. The molecule has 0 saturated heterocycles. The Hall–Kier alpha value is -0.0400. The van der Waals surface area contributed by atoms with Crippen LogP contribution in [0.5, 0.6) is 0 Å². The van der Waals surface area contributed by atoms with Crippen molar-refractivity contribution in [2.24, 2.45) is 23.5 Å². The molecule has 0 heterocycles. The number of rotatable bonds is 4. The quantitative estimate of drug-likeness (QED) is 0.663. The van der Waals surface area contributed by atoms with E-state index in [4.69, 9.17) is 5.73 Å². The molecule has 4 atom stereocenters. The summed E-state index contributed by atoms with van der Waals surface area (Å²) in [6.07, 6.45) is 3.90. The van der Waals surface area contributed by atoms with Gasteiger partial charge in [-0.15, -0.1) is 0 Å². The van der Waals surface area contributed by atoms with Crippen molar-refractivity contribution in [3.63, 3.8) is 0 Å². The van der Waals surface area contributed by atoms with Crippen molar-refractivity contribution >= 4 is 0 Å². The van der Waals surface area contributed by atoms with Crippen molar-refractivity contribution in [1.82, 2.24) is 0 Å². The van der Waals surface area contributed by atoms with E-state index in [9.17, 15) is 0 Å². The Morgan fingerprint density at radius 2 is 1.91 bits per heavy atom. The predicted octanol–water partition coefficient (Wildman–Crippen LogP) is 2.41. The second-order valence-corrected chi connectivity index (χ2v) is 4.02. The van der Waals surface area contributed by atoms with Crippen molar-refractivity contribution in [1.29, 1.82) is 0 Å². The van der Waals surface area contributed by atoms with E-state index >= 15 is 0 Å². The minimum absolute atomic E-state index is 0.536. The van der Waals surface area contributed by atoms with Gasteiger partial charge in [-0.05, 0) is 24.2 Å². The zero-order valence-electron chi connectivity index (χ0n) is 8.01. The first kappa shape index (κ1) is 9.05. The summed E-state index contributed by atoms with van der Waals surface area (Å²) in [6.45, 7) is 6.93. The molecule has 0 aromatic rings. The summed E-state index contributed by atoms with van der Waals surface area (Å²) in [4.78, 5) is 0. The number of hydrogen-bond acceptors (Lipinski definition) is 1. The summed E-state index contributed by atoms with van der Waals surface area (Å²) in [5.74, 6) is 2.63. The third-order valence-electron chi connectivity index (χ3n) is 3.29. The molecule has 1 aliphatic rings. The smallest absolute Gasteiger partial charge is 0.00738 e. The Labute approximate surface area is 70.4 Å². The zero-order chi connectivity index (χ0) is 8.43. The van der Waals surface area contributed by atoms with Crippen LogP contribution in [0.4, 0.5) is 0 Å². The fraction of sp³-hybridized carbons (Fsp3) is 1.00. The van der Waals surface area contributed by atoms with Gasteiger partial charge in [0.15, 0.2) is 0 Å². The molecule has 11 heavy (non-hydrogen) atoms. The molecule has 0 aromatic carbocycles. The second-order valence-electron chi connectivity index (χ2n) is 4.02. The van der Waals surface area contributed by atoms with Crippen LogP contribution in [-0.4, -0.2) is 6.04 Å². The van der Waals surface area contributed by atoms with Gasteiger partial charge in [-0.3, -0.25) is 0 Å². The van der Waals surface area contributed by atoms with Gasteiger partial charge in [-0.1, -0.05) is 33.6 Å². The van der Waals surface area contributed by atoms with Crippen LogP contribution in [0.15, 0.2) is 0 Å². The summed E-state index contributed by atoms with van der Waals surface area (Å²) in [7, 11) is 0. The van der Waals surface area contributed by atoms with Crippen LogP contribution in [0.25, 0.3) is 0 Å². The summed E-state index contributed by atoms with van der Waals surface area (Å²) in [5.41, 5.74) is 5.84. The average molecular weight is 155 g/mol. The van der Waals surface area contributed by atoms with Gasteiger partial charge in [0.2, 0.25) is 0 Å². The first-order chi connectivity index (χ1) is 5.20. The molecule has 0 amide bonds. The van der Waals surface area contributed by atoms with E-state index in [0.29, 0.717) is 6.04 Å². The minimum atomic E-state index is 0.536. The zero-order valence-corrected chi connectivity index (χ0v) is 8.01. The van der Waals surface area contributed by atoms with Gasteiger partial charge in [0, 0.05) is 6.04 Å². The van der Waals surface area contributed by atoms with Crippen LogP contribution in [0.3, 0.4) is 0 Å². The van der Waals surface area contributed by atoms with E-state index in [2.05, 4.69) is 20.8 Å². The fourth-order valence-corrected chi connectivity index (χ4v) is 2.16. The second kappa shape index (κ2) is 3.57. The molecule has 1 fully saturated rings. The van der Waals surface area contributed by atoms with Gasteiger partial charge in [0.1, 0.15) is 0 Å². The van der Waals surface area contributed by atoms with Crippen molar-refractivity contribution < 1.29 is 0 Å². The molecule has 0 aromatic heterocycles. The van der Waals surface area contributed by atoms with E-state index in [0.717, 1.165) is 17.8 Å². The highest BCUT2D eigenvalue weighted by atomic mass is 14.8. The van der Waals surface area contributed by atoms with Gasteiger partial charge in [0.25, 0.3) is 0 Å². The van der Waals surface area contributed by atoms with E-state index in [1.165, 1.54) is 19.3 Å². The lowest BCUT2D eigenvalue weighted by Crippen LogP contribution is -2.17. The Morgan fingerprint density at radius 3 is 2.18 bits per heavy atom. The Bertz CT molecular complexity index is 118. The molecule has 1 nitrogen and oxygen atoms in total. The van der Waals surface area contributed by atoms with E-state index < -0.39 is 0 Å². The Kier molecular flexibility index (Phi) is 2.94. The lowest BCUT2D eigenvalue weighted by molar-refractivity contribution is 0.295. The fourth-order valence-electron chi connectivity index (χ4n) is 2.16. The Balaban J connectivity index is 2.37. The van der Waals surface area contributed by atoms with E-state index in [1.54, 1.807) is 0 Å². The SMILES string of the molecule is CCC(C)C(CC)C1CC1N. The summed E-state index contributed by atoms with van der Waals surface area (Å²) >= 11 is 0. The molecule has 2 N–H and O–H groups in total. The highest BCUT2D eigenvalue weighted by Gasteiger charge is 2.40. The molecule has 0 aliphatic heterocycles. The maximum atomic E-state index is 5.84. The van der Waals surface area contributed by atoms with Gasteiger partial charge >= 0.3 is 0 Å². The molecule has 1 saturated carbocycles. The standard InChI is InChI=1S/C10H21N/c1-4-7(3)8(5-2)9-6-10(9)11/h7-10H,4-6,11H2,1-3H3. The lowest BCUT2D eigenvalue weighted by atomic mass is 9.85. The van der Waals surface area contributed by atoms with Gasteiger partial charge in [0.05, 0.1) is 0 Å². The van der Waals surface area contributed by atoms with Gasteiger partial charge in [-0.25, -0.2) is 0 Å².